The summed E-state index contributed by atoms with van der Waals surface area (Å²) in [7, 11) is 0. The van der Waals surface area contributed by atoms with Crippen LogP contribution >= 0.6 is 27.2 Å². The maximum absolute atomic E-state index is 13.0. The third-order valence-corrected chi connectivity index (χ3v) is 15.5. The van der Waals surface area contributed by atoms with Crippen LogP contribution in [-0.2, 0) is 27.9 Å². The second-order valence-electron chi connectivity index (χ2n) is 7.17. The molecule has 5 nitrogen and oxygen atoms in total. The van der Waals surface area contributed by atoms with E-state index in [0.29, 0.717) is 16.9 Å². The highest BCUT2D eigenvalue weighted by molar-refractivity contribution is 9.00. The van der Waals surface area contributed by atoms with E-state index >= 15 is 0 Å². The lowest BCUT2D eigenvalue weighted by Crippen LogP contribution is -2.45. The van der Waals surface area contributed by atoms with Gasteiger partial charge in [-0.15, -0.1) is 22.8 Å². The Balaban J connectivity index is 3.12. The largest absolute Gasteiger partial charge is 0.480 e. The fourth-order valence-corrected chi connectivity index (χ4v) is 16.4. The summed E-state index contributed by atoms with van der Waals surface area (Å²) in [5.74, 6) is -1.03. The van der Waals surface area contributed by atoms with Gasteiger partial charge >= 0.3 is 12.1 Å². The number of aliphatic carboxylic acids is 1. The smallest absolute Gasteiger partial charge is 0.411 e. The van der Waals surface area contributed by atoms with Crippen molar-refractivity contribution >= 4 is 51.1 Å². The second-order valence-corrected chi connectivity index (χ2v) is 19.7. The van der Waals surface area contributed by atoms with Gasteiger partial charge in [-0.25, -0.2) is 9.59 Å². The minimum atomic E-state index is -2.15. The molecule has 0 aliphatic heterocycles. The molecule has 0 radical (unpaired) electrons. The summed E-state index contributed by atoms with van der Waals surface area (Å²) in [5, 5.41) is 10.4. The predicted molar refractivity (Wildman–Crippen MR) is 134 cm³/mol. The van der Waals surface area contributed by atoms with Gasteiger partial charge in [0.25, 0.3) is 0 Å². The zero-order valence-corrected chi connectivity index (χ0v) is 21.8. The van der Waals surface area contributed by atoms with Gasteiger partial charge in [0.05, 0.1) is 10.7 Å². The summed E-state index contributed by atoms with van der Waals surface area (Å²) >= 11 is 9.58. The average molecular weight is 492 g/mol. The molecule has 3 unspecified atom stereocenters. The molecule has 1 aromatic rings. The number of hydrogen-bond donors (Lipinski definition) is 1. The Morgan fingerprint density at radius 1 is 1.07 bits per heavy atom. The Morgan fingerprint density at radius 2 is 1.60 bits per heavy atom. The lowest BCUT2D eigenvalue weighted by molar-refractivity contribution is -0.142. The van der Waals surface area contributed by atoms with Gasteiger partial charge in [0.2, 0.25) is 0 Å². The quantitative estimate of drug-likeness (QED) is 0.304. The zero-order valence-electron chi connectivity index (χ0n) is 18.4. The van der Waals surface area contributed by atoms with E-state index in [1.807, 2.05) is 30.3 Å². The molecule has 1 rings (SSSR count). The Morgan fingerprint density at radius 3 is 2.03 bits per heavy atom. The van der Waals surface area contributed by atoms with Crippen LogP contribution in [0.5, 0.6) is 0 Å². The fraction of sp³-hybridized carbons (Fsp3) is 0.619. The van der Waals surface area contributed by atoms with Crippen LogP contribution in [0.2, 0.25) is 0 Å². The third kappa shape index (κ3) is 9.21. The van der Waals surface area contributed by atoms with Gasteiger partial charge < -0.3 is 9.84 Å². The first-order valence-corrected chi connectivity index (χ1v) is 16.3. The van der Waals surface area contributed by atoms with Crippen molar-refractivity contribution < 1.29 is 19.4 Å². The van der Waals surface area contributed by atoms with Gasteiger partial charge in [-0.05, 0) is 24.8 Å². The number of benzene rings is 1. The van der Waals surface area contributed by atoms with E-state index in [9.17, 15) is 14.7 Å². The standard InChI is InChI=1S/C21H34NO4PS3/c1-6-16(4)29-27(28,30-17(5)7-2)15-22(19(8-3)20(23)24)21(25)26-14-18-12-10-9-11-13-18/h9-13,16-17,19H,6-8,14-15H2,1-5H3,(H,23,24). The molecule has 9 heteroatoms. The summed E-state index contributed by atoms with van der Waals surface area (Å²) in [6.45, 7) is 10.4. The highest BCUT2D eigenvalue weighted by Gasteiger charge is 2.35. The minimum absolute atomic E-state index is 0.103. The van der Waals surface area contributed by atoms with Gasteiger partial charge in [0.1, 0.15) is 12.6 Å². The van der Waals surface area contributed by atoms with Crippen molar-refractivity contribution in [3.8, 4) is 0 Å². The van der Waals surface area contributed by atoms with Crippen molar-refractivity contribution in [2.75, 3.05) is 6.29 Å². The molecule has 0 bridgehead atoms. The van der Waals surface area contributed by atoms with Crippen LogP contribution in [-0.4, -0.2) is 44.9 Å². The van der Waals surface area contributed by atoms with E-state index < -0.39 is 22.5 Å². The van der Waals surface area contributed by atoms with E-state index in [1.165, 1.54) is 4.90 Å². The Labute approximate surface area is 194 Å². The second kappa shape index (κ2) is 13.7. The maximum Gasteiger partial charge on any atom is 0.411 e. The molecule has 0 fully saturated rings. The molecule has 3 atom stereocenters. The normalized spacial score (nSPS) is 16.2. The van der Waals surface area contributed by atoms with Crippen molar-refractivity contribution in [1.29, 1.82) is 0 Å². The van der Waals surface area contributed by atoms with Crippen LogP contribution in [0.25, 0.3) is 0 Å². The van der Waals surface area contributed by atoms with Gasteiger partial charge in [-0.1, -0.05) is 76.8 Å². The van der Waals surface area contributed by atoms with Gasteiger partial charge in [-0.3, -0.25) is 4.90 Å². The first-order chi connectivity index (χ1) is 14.2. The molecular formula is C21H34NO4PS3. The summed E-state index contributed by atoms with van der Waals surface area (Å²) < 4.78 is 3.36. The zero-order chi connectivity index (χ0) is 22.7. The van der Waals surface area contributed by atoms with Gasteiger partial charge in [0, 0.05) is 10.5 Å². The monoisotopic (exact) mass is 491 g/mol. The van der Waals surface area contributed by atoms with E-state index in [-0.39, 0.29) is 12.9 Å². The van der Waals surface area contributed by atoms with Crippen molar-refractivity contribution in [3.63, 3.8) is 0 Å². The Hall–Kier alpha value is -0.690. The summed E-state index contributed by atoms with van der Waals surface area (Å²) in [5.41, 5.74) is 0.858. The number of carbonyl (C=O) groups is 2. The molecule has 1 aromatic carbocycles. The van der Waals surface area contributed by atoms with Crippen molar-refractivity contribution in [1.82, 2.24) is 4.90 Å². The van der Waals surface area contributed by atoms with Gasteiger partial charge in [0.15, 0.2) is 0 Å². The fourth-order valence-electron chi connectivity index (χ4n) is 2.59. The molecule has 0 aliphatic carbocycles. The summed E-state index contributed by atoms with van der Waals surface area (Å²) in [4.78, 5) is 26.3. The van der Waals surface area contributed by atoms with E-state index in [1.54, 1.807) is 29.7 Å². The van der Waals surface area contributed by atoms with Crippen LogP contribution in [0, 0.1) is 0 Å². The molecule has 0 heterocycles. The molecular weight excluding hydrogens is 457 g/mol. The first kappa shape index (κ1) is 27.3. The molecule has 0 aromatic heterocycles. The van der Waals surface area contributed by atoms with Crippen LogP contribution < -0.4 is 0 Å². The molecule has 30 heavy (non-hydrogen) atoms. The van der Waals surface area contributed by atoms with Crippen LogP contribution in [0.1, 0.15) is 59.4 Å². The van der Waals surface area contributed by atoms with Gasteiger partial charge in [-0.2, -0.15) is 0 Å². The number of hydrogen-bond acceptors (Lipinski definition) is 6. The first-order valence-electron chi connectivity index (χ1n) is 10.3. The Bertz CT molecular complexity index is 703. The molecule has 1 N–H and O–H groups in total. The molecule has 170 valence electrons. The number of nitrogens with zero attached hydrogens (tertiary/aromatic N) is 1. The van der Waals surface area contributed by atoms with E-state index in [4.69, 9.17) is 16.5 Å². The van der Waals surface area contributed by atoms with Crippen molar-refractivity contribution in [3.05, 3.63) is 35.9 Å². The number of rotatable bonds is 13. The SMILES string of the molecule is CCC(C)SP(=S)(CN(C(=O)OCc1ccccc1)C(CC)C(=O)O)SC(C)CC. The topological polar surface area (TPSA) is 66.8 Å². The predicted octanol–water partition coefficient (Wildman–Crippen LogP) is 6.82. The highest BCUT2D eigenvalue weighted by atomic mass is 33.2. The number of carboxylic acids is 1. The van der Waals surface area contributed by atoms with E-state index in [0.717, 1.165) is 18.4 Å². The molecule has 0 aliphatic rings. The van der Waals surface area contributed by atoms with Crippen LogP contribution in [0.3, 0.4) is 0 Å². The summed E-state index contributed by atoms with van der Waals surface area (Å²) in [6, 6.07) is 8.42. The molecule has 0 spiro atoms. The number of amides is 1. The Kier molecular flexibility index (Phi) is 12.5. The van der Waals surface area contributed by atoms with Crippen molar-refractivity contribution in [2.45, 2.75) is 77.0 Å². The van der Waals surface area contributed by atoms with Crippen molar-refractivity contribution in [2.24, 2.45) is 0 Å². The third-order valence-electron chi connectivity index (χ3n) is 4.64. The minimum Gasteiger partial charge on any atom is -0.480 e. The number of carboxylic acid groups (broad SMARTS) is 1. The summed E-state index contributed by atoms with van der Waals surface area (Å²) in [6.07, 6.45) is 1.87. The average Bonchev–Trinajstić information content (AvgIpc) is 2.71. The molecule has 0 saturated carbocycles. The molecule has 0 saturated heterocycles. The van der Waals surface area contributed by atoms with E-state index in [2.05, 4.69) is 27.7 Å². The number of carbonyl (C=O) groups excluding carboxylic acids is 1. The molecule has 1 amide bonds. The number of ether oxygens (including phenoxy) is 1. The lowest BCUT2D eigenvalue weighted by atomic mass is 10.2. The van der Waals surface area contributed by atoms with Crippen LogP contribution in [0.15, 0.2) is 30.3 Å². The lowest BCUT2D eigenvalue weighted by Gasteiger charge is -2.34. The maximum atomic E-state index is 13.0. The highest BCUT2D eigenvalue weighted by Crippen LogP contribution is 2.72. The van der Waals surface area contributed by atoms with Crippen LogP contribution in [0.4, 0.5) is 4.79 Å².